The van der Waals surface area contributed by atoms with Crippen molar-refractivity contribution >= 4 is 35.0 Å². The summed E-state index contributed by atoms with van der Waals surface area (Å²) in [5.74, 6) is 0. The summed E-state index contributed by atoms with van der Waals surface area (Å²) in [4.78, 5) is 10.1. The molecule has 1 amide bonds. The number of sulfonamides is 1. The van der Waals surface area contributed by atoms with Gasteiger partial charge in [0.1, 0.15) is 0 Å². The van der Waals surface area contributed by atoms with Crippen LogP contribution in [-0.2, 0) is 14.8 Å². The summed E-state index contributed by atoms with van der Waals surface area (Å²) in [6.07, 6.45) is -1.69. The third-order valence-corrected chi connectivity index (χ3v) is 1.75. The number of alkyl halides is 3. The van der Waals surface area contributed by atoms with E-state index in [9.17, 15) is 26.4 Å². The number of amides is 1. The predicted molar refractivity (Wildman–Crippen MR) is 37.7 cm³/mol. The summed E-state index contributed by atoms with van der Waals surface area (Å²) in [5.41, 5.74) is -5.51. The van der Waals surface area contributed by atoms with E-state index >= 15 is 0 Å². The third-order valence-electron chi connectivity index (χ3n) is 0.708. The van der Waals surface area contributed by atoms with Gasteiger partial charge in [0.05, 0.1) is 7.11 Å². The zero-order valence-electron chi connectivity index (χ0n) is 5.68. The fourth-order valence-electron chi connectivity index (χ4n) is 0.209. The van der Waals surface area contributed by atoms with Gasteiger partial charge in [-0.1, -0.05) is 0 Å². The molecule has 0 saturated carbocycles. The summed E-state index contributed by atoms with van der Waals surface area (Å²) < 4.78 is 58.9. The topological polar surface area (TPSA) is 72.5 Å². The average Bonchev–Trinajstić information content (AvgIpc) is 1.84. The van der Waals surface area contributed by atoms with E-state index in [1.165, 1.54) is 0 Å². The molecule has 74 valence electrons. The van der Waals surface area contributed by atoms with Crippen molar-refractivity contribution in [2.45, 2.75) is 5.51 Å². The molecule has 10 heteroatoms. The van der Waals surface area contributed by atoms with Gasteiger partial charge >= 0.3 is 40.5 Å². The van der Waals surface area contributed by atoms with Crippen LogP contribution in [0.25, 0.3) is 0 Å². The van der Waals surface area contributed by atoms with Crippen LogP contribution < -0.4 is 4.72 Å². The Kier molecular flexibility index (Phi) is 5.50. The first-order chi connectivity index (χ1) is 5.20. The van der Waals surface area contributed by atoms with Crippen molar-refractivity contribution < 1.29 is 31.1 Å². The van der Waals surface area contributed by atoms with Crippen LogP contribution in [-0.4, -0.2) is 46.0 Å². The van der Waals surface area contributed by atoms with Crippen LogP contribution >= 0.6 is 0 Å². The number of hydrogen-bond donors (Lipinski definition) is 1. The molecule has 0 aromatic rings. The van der Waals surface area contributed by atoms with E-state index in [1.807, 2.05) is 0 Å². The van der Waals surface area contributed by atoms with Gasteiger partial charge in [-0.2, -0.15) is 21.6 Å². The maximum absolute atomic E-state index is 11.5. The molecule has 0 aliphatic rings. The Bertz CT molecular complexity index is 273. The molecular formula is C3H5F3LiNO4S. The van der Waals surface area contributed by atoms with Crippen molar-refractivity contribution in [1.82, 2.24) is 4.72 Å². The van der Waals surface area contributed by atoms with E-state index in [4.69, 9.17) is 0 Å². The Morgan fingerprint density at radius 3 is 2.00 bits per heavy atom. The van der Waals surface area contributed by atoms with E-state index in [1.54, 1.807) is 0 Å². The summed E-state index contributed by atoms with van der Waals surface area (Å²) in [6.45, 7) is 0. The molecule has 0 saturated heterocycles. The molecule has 0 aliphatic carbocycles. The molecule has 0 rings (SSSR count). The van der Waals surface area contributed by atoms with Gasteiger partial charge in [-0.25, -0.2) is 9.52 Å². The summed E-state index contributed by atoms with van der Waals surface area (Å²) in [7, 11) is -4.90. The number of carbonyl (C=O) groups excluding carboxylic acids is 1. The second-order valence-corrected chi connectivity index (χ2v) is 3.22. The minimum atomic E-state index is -5.63. The van der Waals surface area contributed by atoms with Gasteiger partial charge in [0.15, 0.2) is 0 Å². The Morgan fingerprint density at radius 2 is 1.77 bits per heavy atom. The quantitative estimate of drug-likeness (QED) is 0.601. The third kappa shape index (κ3) is 4.40. The van der Waals surface area contributed by atoms with Crippen molar-refractivity contribution in [3.05, 3.63) is 0 Å². The fraction of sp³-hybridized carbons (Fsp3) is 0.667. The summed E-state index contributed by atoms with van der Waals surface area (Å²) in [5, 5.41) is 0. The number of carbonyl (C=O) groups is 1. The molecule has 0 spiro atoms. The van der Waals surface area contributed by atoms with Crippen molar-refractivity contribution in [3.8, 4) is 0 Å². The predicted octanol–water partition coefficient (Wildman–Crippen LogP) is -0.456. The first-order valence-corrected chi connectivity index (χ1v) is 3.86. The number of halogens is 3. The van der Waals surface area contributed by atoms with Crippen molar-refractivity contribution in [3.63, 3.8) is 0 Å². The monoisotopic (exact) mass is 215 g/mol. The second kappa shape index (κ2) is 4.74. The van der Waals surface area contributed by atoms with Gasteiger partial charge in [-0.3, -0.25) is 0 Å². The first-order valence-electron chi connectivity index (χ1n) is 2.38. The Balaban J connectivity index is 0. The molecule has 5 nitrogen and oxygen atoms in total. The number of nitrogens with one attached hydrogen (secondary N) is 1. The molecule has 0 fully saturated rings. The van der Waals surface area contributed by atoms with E-state index in [-0.39, 0.29) is 18.9 Å². The number of rotatable bonds is 1. The van der Waals surface area contributed by atoms with E-state index < -0.39 is 21.6 Å². The van der Waals surface area contributed by atoms with Gasteiger partial charge < -0.3 is 4.74 Å². The van der Waals surface area contributed by atoms with Crippen LogP contribution in [0.3, 0.4) is 0 Å². The van der Waals surface area contributed by atoms with Crippen LogP contribution in [0.15, 0.2) is 0 Å². The Hall–Kier alpha value is -0.393. The zero-order valence-corrected chi connectivity index (χ0v) is 6.49. The van der Waals surface area contributed by atoms with Gasteiger partial charge in [0, 0.05) is 0 Å². The van der Waals surface area contributed by atoms with Crippen molar-refractivity contribution in [2.24, 2.45) is 0 Å². The SMILES string of the molecule is COC(=O)NS(=O)(=O)C(F)(F)F.[LiH]. The molecule has 0 heterocycles. The molecule has 0 bridgehead atoms. The number of hydrogen-bond acceptors (Lipinski definition) is 4. The summed E-state index contributed by atoms with van der Waals surface area (Å²) in [6, 6.07) is 0. The second-order valence-electron chi connectivity index (χ2n) is 1.54. The first kappa shape index (κ1) is 15.1. The molecule has 0 aliphatic heterocycles. The Morgan fingerprint density at radius 1 is 1.38 bits per heavy atom. The van der Waals surface area contributed by atoms with Crippen LogP contribution in [0, 0.1) is 0 Å². The van der Waals surface area contributed by atoms with Gasteiger partial charge in [0.25, 0.3) is 0 Å². The van der Waals surface area contributed by atoms with Gasteiger partial charge in [0.2, 0.25) is 0 Å². The van der Waals surface area contributed by atoms with Crippen molar-refractivity contribution in [1.29, 1.82) is 0 Å². The van der Waals surface area contributed by atoms with Crippen LogP contribution in [0.4, 0.5) is 18.0 Å². The van der Waals surface area contributed by atoms with Crippen molar-refractivity contribution in [2.75, 3.05) is 7.11 Å². The molecule has 1 N–H and O–H groups in total. The van der Waals surface area contributed by atoms with Crippen LogP contribution in [0.5, 0.6) is 0 Å². The van der Waals surface area contributed by atoms with Gasteiger partial charge in [-0.15, -0.1) is 0 Å². The molecule has 13 heavy (non-hydrogen) atoms. The Labute approximate surface area is 83.8 Å². The maximum atomic E-state index is 11.5. The molecule has 0 aromatic heterocycles. The average molecular weight is 215 g/mol. The molecule has 0 atom stereocenters. The molecule has 0 aromatic carbocycles. The molecule has 0 radical (unpaired) electrons. The van der Waals surface area contributed by atoms with E-state index in [2.05, 4.69) is 4.74 Å². The van der Waals surface area contributed by atoms with Crippen LogP contribution in [0.1, 0.15) is 0 Å². The fourth-order valence-corrected chi connectivity index (χ4v) is 0.628. The zero-order chi connectivity index (χ0) is 9.99. The standard InChI is InChI=1S/C3H4F3NO4S.Li.H/c1-11-2(8)7-12(9,10)3(4,5)6;;/h1H3,(H,7,8);;. The number of methoxy groups -OCH3 is 1. The van der Waals surface area contributed by atoms with Crippen LogP contribution in [0.2, 0.25) is 0 Å². The normalized spacial score (nSPS) is 11.4. The minimum absolute atomic E-state index is 0. The molecular weight excluding hydrogens is 210 g/mol. The van der Waals surface area contributed by atoms with E-state index in [0.717, 1.165) is 7.11 Å². The summed E-state index contributed by atoms with van der Waals surface area (Å²) >= 11 is 0. The van der Waals surface area contributed by atoms with Gasteiger partial charge in [-0.05, 0) is 0 Å². The molecule has 0 unspecified atom stereocenters. The van der Waals surface area contributed by atoms with E-state index in [0.29, 0.717) is 4.72 Å². The number of ether oxygens (including phenoxy) is 1.